The van der Waals surface area contributed by atoms with E-state index < -0.39 is 39.6 Å². The Morgan fingerprint density at radius 3 is 1.28 bits per heavy atom. The Bertz CT molecular complexity index is 341. The van der Waals surface area contributed by atoms with Gasteiger partial charge in [0.05, 0.1) is 0 Å². The van der Waals surface area contributed by atoms with Crippen LogP contribution in [0.3, 0.4) is 0 Å². The van der Waals surface area contributed by atoms with E-state index in [0.717, 1.165) is 0 Å². The summed E-state index contributed by atoms with van der Waals surface area (Å²) in [4.78, 5) is 57.7. The first-order valence-electron chi connectivity index (χ1n) is 3.69. The number of carbonyl (C=O) groups is 2. The van der Waals surface area contributed by atoms with E-state index >= 15 is 0 Å². The van der Waals surface area contributed by atoms with Crippen molar-refractivity contribution in [2.24, 2.45) is 0 Å². The van der Waals surface area contributed by atoms with Gasteiger partial charge in [-0.2, -0.15) is 0 Å². The van der Waals surface area contributed by atoms with Crippen molar-refractivity contribution in [3.63, 3.8) is 0 Å². The number of hydrogen-bond acceptors (Lipinski definition) is 6. The van der Waals surface area contributed by atoms with Gasteiger partial charge in [0.2, 0.25) is 15.2 Å². The van der Waals surface area contributed by atoms with Gasteiger partial charge in [0, 0.05) is 13.1 Å². The third kappa shape index (κ3) is 11.1. The van der Waals surface area contributed by atoms with Gasteiger partial charge >= 0.3 is 59.1 Å². The quantitative estimate of drug-likeness (QED) is 0.219. The van der Waals surface area contributed by atoms with Crippen LogP contribution in [0.4, 0.5) is 9.59 Å². The molecule has 4 N–H and O–H groups in total. The van der Waals surface area contributed by atoms with Crippen molar-refractivity contribution in [1.82, 2.24) is 10.6 Å². The zero-order valence-electron chi connectivity index (χ0n) is 9.65. The zero-order valence-corrected chi connectivity index (χ0v) is 15.4. The van der Waals surface area contributed by atoms with Crippen molar-refractivity contribution in [2.45, 2.75) is 0 Å². The molecule has 0 aromatic carbocycles. The Hall–Kier alpha value is 1.24. The van der Waals surface area contributed by atoms with Gasteiger partial charge < -0.3 is 30.2 Å². The molecule has 0 aliphatic carbocycles. The topological polar surface area (TPSA) is 179 Å². The van der Waals surface area contributed by atoms with Crippen LogP contribution in [0.2, 0.25) is 0 Å². The zero-order chi connectivity index (χ0) is 13.0. The summed E-state index contributed by atoms with van der Waals surface area (Å²) in [6.45, 7) is -0.866. The van der Waals surface area contributed by atoms with Crippen LogP contribution in [0, 0.1) is 0 Å². The molecule has 0 fully saturated rings. The fourth-order valence-electron chi connectivity index (χ4n) is 0.539. The standard InChI is InChI=1S/C4H10N2O8P2.2Na/c7-3(15(9,10)11)5-1-2-6-4(8)16(12,13)14;;/h1-2H2,(H,5,7)(H,6,8)(H2,9,10,11)(H2,12,13,14);;/q;2*+1/p-2. The molecule has 0 spiro atoms. The molecule has 2 atom stereocenters. The first-order valence-corrected chi connectivity index (χ1v) is 6.85. The summed E-state index contributed by atoms with van der Waals surface area (Å²) >= 11 is 0. The second-order valence-electron chi connectivity index (χ2n) is 2.50. The summed E-state index contributed by atoms with van der Waals surface area (Å²) < 4.78 is 20.3. The monoisotopic (exact) mass is 320 g/mol. The molecule has 18 heavy (non-hydrogen) atoms. The molecule has 10 nitrogen and oxygen atoms in total. The van der Waals surface area contributed by atoms with Crippen molar-refractivity contribution < 1.29 is 97.4 Å². The SMILES string of the molecule is O=C(NCCNC(=O)P(=O)([O-])O)P(=O)([O-])O.[Na+].[Na+]. The fraction of sp³-hybridized carbons (Fsp3) is 0.500. The van der Waals surface area contributed by atoms with Crippen LogP contribution in [0.5, 0.6) is 0 Å². The molecule has 0 saturated carbocycles. The molecule has 0 saturated heterocycles. The van der Waals surface area contributed by atoms with Gasteiger partial charge in [-0.1, -0.05) is 0 Å². The third-order valence-corrected chi connectivity index (χ3v) is 2.53. The van der Waals surface area contributed by atoms with Gasteiger partial charge in [0.25, 0.3) is 11.3 Å². The van der Waals surface area contributed by atoms with Crippen LogP contribution in [0.1, 0.15) is 0 Å². The molecule has 14 heteroatoms. The predicted octanol–water partition coefficient (Wildman–Crippen LogP) is -8.50. The minimum atomic E-state index is -5.13. The van der Waals surface area contributed by atoms with E-state index in [1.165, 1.54) is 0 Å². The van der Waals surface area contributed by atoms with Crippen LogP contribution in [0.25, 0.3) is 0 Å². The van der Waals surface area contributed by atoms with Gasteiger partial charge in [-0.15, -0.1) is 0 Å². The van der Waals surface area contributed by atoms with Crippen LogP contribution >= 0.6 is 15.2 Å². The first-order chi connectivity index (χ1) is 7.05. The number of hydrogen-bond donors (Lipinski definition) is 4. The van der Waals surface area contributed by atoms with E-state index in [1.54, 1.807) is 10.6 Å². The molecule has 0 aliphatic heterocycles. The van der Waals surface area contributed by atoms with Gasteiger partial charge in [-0.05, 0) is 0 Å². The average molecular weight is 320 g/mol. The largest absolute Gasteiger partial charge is 1.00 e. The smallest absolute Gasteiger partial charge is 0.772 e. The molecule has 2 unspecified atom stereocenters. The molecule has 0 bridgehead atoms. The molecular formula is C4H8N2Na2O8P2. The second-order valence-corrected chi connectivity index (χ2v) is 5.40. The molecule has 0 radical (unpaired) electrons. The van der Waals surface area contributed by atoms with Crippen molar-refractivity contribution in [3.05, 3.63) is 0 Å². The van der Waals surface area contributed by atoms with E-state index in [0.29, 0.717) is 0 Å². The van der Waals surface area contributed by atoms with E-state index in [9.17, 15) is 28.5 Å². The molecule has 2 amide bonds. The Kier molecular flexibility index (Phi) is 13.5. The van der Waals surface area contributed by atoms with Gasteiger partial charge in [-0.25, -0.2) is 0 Å². The van der Waals surface area contributed by atoms with E-state index in [4.69, 9.17) is 9.79 Å². The minimum Gasteiger partial charge on any atom is -0.772 e. The number of carbonyl (C=O) groups excluding carboxylic acids is 2. The molecule has 94 valence electrons. The van der Waals surface area contributed by atoms with E-state index in [-0.39, 0.29) is 59.1 Å². The Balaban J connectivity index is -0.00000112. The molecule has 0 aromatic heterocycles. The Morgan fingerprint density at radius 2 is 1.11 bits per heavy atom. The molecule has 0 aromatic rings. The van der Waals surface area contributed by atoms with Crippen molar-refractivity contribution in [3.8, 4) is 0 Å². The van der Waals surface area contributed by atoms with Crippen molar-refractivity contribution in [2.75, 3.05) is 13.1 Å². The van der Waals surface area contributed by atoms with Gasteiger partial charge in [-0.3, -0.25) is 18.7 Å². The summed E-state index contributed by atoms with van der Waals surface area (Å²) in [7, 11) is -10.3. The number of rotatable bonds is 5. The number of nitrogens with one attached hydrogen (secondary N) is 2. The van der Waals surface area contributed by atoms with Crippen LogP contribution in [-0.4, -0.2) is 34.2 Å². The Labute approximate surface area is 146 Å². The molecule has 0 aliphatic rings. The molecular weight excluding hydrogens is 312 g/mol. The maximum Gasteiger partial charge on any atom is 1.00 e. The summed E-state index contributed by atoms with van der Waals surface area (Å²) in [6, 6.07) is 0. The summed E-state index contributed by atoms with van der Waals surface area (Å²) in [6.07, 6.45) is 0. The third-order valence-electron chi connectivity index (χ3n) is 1.19. The van der Waals surface area contributed by atoms with Gasteiger partial charge in [0.15, 0.2) is 0 Å². The molecule has 0 heterocycles. The maximum atomic E-state index is 10.5. The predicted molar refractivity (Wildman–Crippen MR) is 46.4 cm³/mol. The number of amides is 2. The normalized spacial score (nSPS) is 16.0. The minimum absolute atomic E-state index is 0. The van der Waals surface area contributed by atoms with Crippen LogP contribution in [-0.2, 0) is 9.13 Å². The first kappa shape index (κ1) is 24.3. The van der Waals surface area contributed by atoms with E-state index in [2.05, 4.69) is 0 Å². The molecule has 0 rings (SSSR count). The van der Waals surface area contributed by atoms with E-state index in [1.807, 2.05) is 0 Å². The van der Waals surface area contributed by atoms with Gasteiger partial charge in [0.1, 0.15) is 0 Å². The van der Waals surface area contributed by atoms with Crippen LogP contribution in [0.15, 0.2) is 0 Å². The summed E-state index contributed by atoms with van der Waals surface area (Å²) in [5.41, 5.74) is -3.31. The summed E-state index contributed by atoms with van der Waals surface area (Å²) in [5, 5.41) is 3.35. The Morgan fingerprint density at radius 1 is 0.889 bits per heavy atom. The summed E-state index contributed by atoms with van der Waals surface area (Å²) in [5.74, 6) is 0. The van der Waals surface area contributed by atoms with Crippen molar-refractivity contribution >= 4 is 26.5 Å². The second kappa shape index (κ2) is 10.0. The van der Waals surface area contributed by atoms with Crippen molar-refractivity contribution in [1.29, 1.82) is 0 Å². The fourth-order valence-corrected chi connectivity index (χ4v) is 1.16. The maximum absolute atomic E-state index is 10.5. The van der Waals surface area contributed by atoms with Crippen LogP contribution < -0.4 is 79.5 Å². The average Bonchev–Trinajstić information content (AvgIpc) is 2.08.